The molecule has 0 amide bonds. The molecule has 0 spiro atoms. The molecule has 108 valence electrons. The molecule has 0 saturated heterocycles. The molecule has 0 aliphatic carbocycles. The summed E-state index contributed by atoms with van der Waals surface area (Å²) in [7, 11) is -3.53. The number of nitrogens with zero attached hydrogens (tertiary/aromatic N) is 1. The fourth-order valence-electron chi connectivity index (χ4n) is 1.56. The van der Waals surface area contributed by atoms with Gasteiger partial charge >= 0.3 is 0 Å². The number of sulfonamides is 1. The minimum absolute atomic E-state index is 0.198. The zero-order valence-corrected chi connectivity index (χ0v) is 12.6. The highest BCUT2D eigenvalue weighted by molar-refractivity contribution is 7.89. The van der Waals surface area contributed by atoms with Gasteiger partial charge in [-0.05, 0) is 30.7 Å². The topological polar surface area (TPSA) is 97.1 Å². The summed E-state index contributed by atoms with van der Waals surface area (Å²) in [5, 5.41) is 0.755. The largest absolute Gasteiger partial charge is 0.324 e. The van der Waals surface area contributed by atoms with Crippen LogP contribution in [0.1, 0.15) is 16.8 Å². The summed E-state index contributed by atoms with van der Waals surface area (Å²) in [6.45, 7) is 2.23. The second kappa shape index (κ2) is 6.31. The zero-order valence-electron chi connectivity index (χ0n) is 11.0. The van der Waals surface area contributed by atoms with Gasteiger partial charge in [-0.25, -0.2) is 18.1 Å². The number of benzene rings is 1. The Morgan fingerprint density at radius 3 is 2.55 bits per heavy atom. The predicted octanol–water partition coefficient (Wildman–Crippen LogP) is 1.47. The molecule has 1 aromatic carbocycles. The maximum atomic E-state index is 12.1. The Morgan fingerprint density at radius 1 is 1.30 bits per heavy atom. The van der Waals surface area contributed by atoms with Crippen molar-refractivity contribution in [2.45, 2.75) is 24.8 Å². The molecular weight excluding hydrogens is 296 g/mol. The van der Waals surface area contributed by atoms with E-state index in [-0.39, 0.29) is 11.4 Å². The van der Waals surface area contributed by atoms with Crippen molar-refractivity contribution < 1.29 is 8.42 Å². The van der Waals surface area contributed by atoms with Crippen molar-refractivity contribution in [1.82, 2.24) is 9.71 Å². The average molecular weight is 312 g/mol. The average Bonchev–Trinajstić information content (AvgIpc) is 2.93. The Morgan fingerprint density at radius 2 is 2.00 bits per heavy atom. The summed E-state index contributed by atoms with van der Waals surface area (Å²) in [6, 6.07) is 6.20. The Labute approximate surface area is 122 Å². The van der Waals surface area contributed by atoms with Crippen molar-refractivity contribution in [3.05, 3.63) is 40.3 Å². The zero-order chi connectivity index (χ0) is 14.6. The summed E-state index contributed by atoms with van der Waals surface area (Å²) < 4.78 is 26.7. The molecule has 0 radical (unpaired) electrons. The molecule has 4 N–H and O–H groups in total. The number of hydrogen-bond acceptors (Lipinski definition) is 6. The van der Waals surface area contributed by atoms with Gasteiger partial charge in [-0.3, -0.25) is 5.84 Å². The third-order valence-corrected chi connectivity index (χ3v) is 5.25. The SMILES string of the molecule is CCc1cnc(CNS(=O)(=O)c2ccc(NN)cc2)s1. The van der Waals surface area contributed by atoms with Crippen LogP contribution in [0.4, 0.5) is 5.69 Å². The van der Waals surface area contributed by atoms with Crippen molar-refractivity contribution in [1.29, 1.82) is 0 Å². The summed E-state index contributed by atoms with van der Waals surface area (Å²) in [5.74, 6) is 5.24. The van der Waals surface area contributed by atoms with Gasteiger partial charge in [-0.15, -0.1) is 11.3 Å². The van der Waals surface area contributed by atoms with E-state index in [9.17, 15) is 8.42 Å². The van der Waals surface area contributed by atoms with E-state index in [4.69, 9.17) is 5.84 Å². The van der Waals surface area contributed by atoms with Crippen LogP contribution in [-0.2, 0) is 23.0 Å². The molecule has 2 rings (SSSR count). The van der Waals surface area contributed by atoms with Crippen LogP contribution in [0, 0.1) is 0 Å². The van der Waals surface area contributed by atoms with Crippen molar-refractivity contribution in [2.75, 3.05) is 5.43 Å². The first-order valence-corrected chi connectivity index (χ1v) is 8.35. The molecule has 0 saturated carbocycles. The van der Waals surface area contributed by atoms with Gasteiger partial charge in [0.05, 0.1) is 11.4 Å². The van der Waals surface area contributed by atoms with Crippen LogP contribution in [0.15, 0.2) is 35.4 Å². The number of nitrogens with two attached hydrogens (primary N) is 1. The fraction of sp³-hybridized carbons (Fsp3) is 0.250. The van der Waals surface area contributed by atoms with Crippen LogP contribution in [0.2, 0.25) is 0 Å². The number of aryl methyl sites for hydroxylation is 1. The molecule has 2 aromatic rings. The number of hydrogen-bond donors (Lipinski definition) is 3. The number of nitrogens with one attached hydrogen (secondary N) is 2. The Balaban J connectivity index is 2.06. The standard InChI is InChI=1S/C12H16N4O2S2/c1-2-10-7-14-12(19-10)8-15-20(17,18)11-5-3-9(16-13)4-6-11/h3-7,15-16H,2,8,13H2,1H3. The highest BCUT2D eigenvalue weighted by Gasteiger charge is 2.14. The first-order chi connectivity index (χ1) is 9.55. The van der Waals surface area contributed by atoms with E-state index >= 15 is 0 Å². The second-order valence-electron chi connectivity index (χ2n) is 4.07. The molecule has 1 heterocycles. The minimum atomic E-state index is -3.53. The molecule has 0 aliphatic heterocycles. The Kier molecular flexibility index (Phi) is 4.71. The fourth-order valence-corrected chi connectivity index (χ4v) is 3.44. The lowest BCUT2D eigenvalue weighted by atomic mass is 10.3. The minimum Gasteiger partial charge on any atom is -0.324 e. The maximum Gasteiger partial charge on any atom is 0.240 e. The molecular formula is C12H16N4O2S2. The molecule has 0 unspecified atom stereocenters. The number of nitrogen functional groups attached to an aromatic ring is 1. The van der Waals surface area contributed by atoms with Crippen LogP contribution >= 0.6 is 11.3 Å². The van der Waals surface area contributed by atoms with E-state index < -0.39 is 10.0 Å². The first kappa shape index (κ1) is 14.9. The van der Waals surface area contributed by atoms with Crippen LogP contribution in [0.25, 0.3) is 0 Å². The quantitative estimate of drug-likeness (QED) is 0.554. The van der Waals surface area contributed by atoms with Crippen LogP contribution in [0.3, 0.4) is 0 Å². The number of hydrazine groups is 1. The van der Waals surface area contributed by atoms with E-state index in [1.807, 2.05) is 6.92 Å². The van der Waals surface area contributed by atoms with Gasteiger partial charge in [-0.2, -0.15) is 0 Å². The highest BCUT2D eigenvalue weighted by atomic mass is 32.2. The summed E-state index contributed by atoms with van der Waals surface area (Å²) in [4.78, 5) is 5.51. The lowest BCUT2D eigenvalue weighted by molar-refractivity contribution is 0.581. The van der Waals surface area contributed by atoms with E-state index in [1.165, 1.54) is 23.5 Å². The first-order valence-electron chi connectivity index (χ1n) is 6.05. The van der Waals surface area contributed by atoms with Gasteiger partial charge in [0.15, 0.2) is 0 Å². The van der Waals surface area contributed by atoms with Crippen molar-refractivity contribution in [2.24, 2.45) is 5.84 Å². The van der Waals surface area contributed by atoms with Gasteiger partial charge in [0.2, 0.25) is 10.0 Å². The smallest absolute Gasteiger partial charge is 0.240 e. The number of aromatic nitrogens is 1. The summed E-state index contributed by atoms with van der Waals surface area (Å²) >= 11 is 1.51. The lowest BCUT2D eigenvalue weighted by Gasteiger charge is -2.06. The van der Waals surface area contributed by atoms with Gasteiger partial charge in [0.1, 0.15) is 5.01 Å². The number of rotatable bonds is 6. The third-order valence-electron chi connectivity index (χ3n) is 2.69. The van der Waals surface area contributed by atoms with Gasteiger partial charge < -0.3 is 5.43 Å². The second-order valence-corrected chi connectivity index (χ2v) is 7.03. The van der Waals surface area contributed by atoms with Crippen LogP contribution < -0.4 is 16.0 Å². The monoisotopic (exact) mass is 312 g/mol. The predicted molar refractivity (Wildman–Crippen MR) is 79.8 cm³/mol. The van der Waals surface area contributed by atoms with E-state index in [0.29, 0.717) is 5.69 Å². The van der Waals surface area contributed by atoms with Crippen LogP contribution in [-0.4, -0.2) is 13.4 Å². The van der Waals surface area contributed by atoms with Crippen molar-refractivity contribution >= 4 is 27.0 Å². The van der Waals surface area contributed by atoms with Gasteiger partial charge in [0.25, 0.3) is 0 Å². The molecule has 20 heavy (non-hydrogen) atoms. The van der Waals surface area contributed by atoms with E-state index in [0.717, 1.165) is 16.3 Å². The lowest BCUT2D eigenvalue weighted by Crippen LogP contribution is -2.23. The van der Waals surface area contributed by atoms with Crippen molar-refractivity contribution in [3.63, 3.8) is 0 Å². The molecule has 8 heteroatoms. The summed E-state index contributed by atoms with van der Waals surface area (Å²) in [6.07, 6.45) is 2.67. The Hall–Kier alpha value is -1.48. The van der Waals surface area contributed by atoms with Crippen LogP contribution in [0.5, 0.6) is 0 Å². The number of anilines is 1. The van der Waals surface area contributed by atoms with E-state index in [1.54, 1.807) is 18.3 Å². The third kappa shape index (κ3) is 3.54. The molecule has 0 aliphatic rings. The summed E-state index contributed by atoms with van der Waals surface area (Å²) in [5.41, 5.74) is 3.10. The normalized spacial score (nSPS) is 11.5. The molecule has 0 bridgehead atoms. The maximum absolute atomic E-state index is 12.1. The highest BCUT2D eigenvalue weighted by Crippen LogP contribution is 2.16. The van der Waals surface area contributed by atoms with Gasteiger partial charge in [0, 0.05) is 16.8 Å². The molecule has 0 fully saturated rings. The van der Waals surface area contributed by atoms with Gasteiger partial charge in [-0.1, -0.05) is 6.92 Å². The molecule has 0 atom stereocenters. The van der Waals surface area contributed by atoms with E-state index in [2.05, 4.69) is 15.1 Å². The number of thiazole rings is 1. The van der Waals surface area contributed by atoms with Crippen molar-refractivity contribution in [3.8, 4) is 0 Å². The molecule has 6 nitrogen and oxygen atoms in total. The molecule has 1 aromatic heterocycles. The Bertz CT molecular complexity index is 665.